The fraction of sp³-hybridized carbons (Fsp3) is 0. The average molecular weight is 699 g/mol. The first kappa shape index (κ1) is 61.8. The molecule has 0 N–H and O–H groups in total. The van der Waals surface area contributed by atoms with Gasteiger partial charge in [-0.05, 0) is 0 Å². The average Bonchev–Trinajstić information content (AvgIpc) is 0. The van der Waals surface area contributed by atoms with Crippen LogP contribution in [0.1, 0.15) is 0 Å². The molecule has 7 heavy (non-hydrogen) atoms. The Hall–Kier alpha value is 4.58. The fourth-order valence-corrected chi connectivity index (χ4v) is 0. The van der Waals surface area contributed by atoms with E-state index in [0.29, 0.717) is 0 Å². The normalized spacial score (nSPS) is 0. The predicted octanol–water partition coefficient (Wildman–Crippen LogP) is -7.63. The Morgan fingerprint density at radius 1 is 0.571 bits per heavy atom. The quantitative estimate of drug-likeness (QED) is 0.225. The number of rotatable bonds is 0. The minimum Gasteiger partial charge on any atom is -2.00 e. The molecule has 0 atom stereocenters. The van der Waals surface area contributed by atoms with Gasteiger partial charge in [-0.25, -0.2) is 0 Å². The SMILES string of the molecule is [Li+].[Li+].[O-2].[Pb].[Pb].[Te].[Te]. The molecule has 0 aliphatic carbocycles. The molecule has 0 aromatic carbocycles. The van der Waals surface area contributed by atoms with Crippen LogP contribution in [0.4, 0.5) is 0 Å². The molecular weight excluding hydrogens is 699 g/mol. The largest absolute Gasteiger partial charge is 2.00 e. The van der Waals surface area contributed by atoms with Gasteiger partial charge in [-0.1, -0.05) is 0 Å². The Kier molecular flexibility index (Phi) is 409. The van der Waals surface area contributed by atoms with Crippen LogP contribution < -0.4 is 37.7 Å². The van der Waals surface area contributed by atoms with Gasteiger partial charge in [0.15, 0.2) is 0 Å². The van der Waals surface area contributed by atoms with E-state index < -0.39 is 0 Å². The Morgan fingerprint density at radius 2 is 0.571 bits per heavy atom. The molecule has 12 radical (unpaired) electrons. The van der Waals surface area contributed by atoms with Crippen LogP contribution in [0.5, 0.6) is 0 Å². The maximum atomic E-state index is 0. The van der Waals surface area contributed by atoms with Crippen molar-refractivity contribution in [3.05, 3.63) is 0 Å². The fourth-order valence-electron chi connectivity index (χ4n) is 0. The minimum atomic E-state index is 0. The second-order valence-electron chi connectivity index (χ2n) is 0. The van der Waals surface area contributed by atoms with E-state index in [1.165, 1.54) is 0 Å². The van der Waals surface area contributed by atoms with Crippen molar-refractivity contribution in [3.63, 3.8) is 0 Å². The minimum absolute atomic E-state index is 0. The summed E-state index contributed by atoms with van der Waals surface area (Å²) in [5, 5.41) is 0. The Labute approximate surface area is 142 Å². The summed E-state index contributed by atoms with van der Waals surface area (Å²) in [6.07, 6.45) is 0. The molecule has 0 amide bonds. The molecule has 0 rings (SSSR count). The second-order valence-corrected chi connectivity index (χ2v) is 0. The van der Waals surface area contributed by atoms with Crippen molar-refractivity contribution in [3.8, 4) is 0 Å². The molecule has 0 aliphatic heterocycles. The third-order valence-electron chi connectivity index (χ3n) is 0. The molecule has 7 heteroatoms. The van der Waals surface area contributed by atoms with Gasteiger partial charge >= 0.3 is 37.7 Å². The molecular formula is Li2OPb2Te2. The van der Waals surface area contributed by atoms with Gasteiger partial charge in [0, 0.05) is 102 Å². The molecule has 28 valence electrons. The third kappa shape index (κ3) is 37.1. The van der Waals surface area contributed by atoms with E-state index in [-0.39, 0.29) is 145 Å². The zero-order valence-electron chi connectivity index (χ0n) is 4.22. The summed E-state index contributed by atoms with van der Waals surface area (Å²) in [5.74, 6) is 0. The van der Waals surface area contributed by atoms with Crippen LogP contribution in [0.25, 0.3) is 0 Å². The molecule has 0 heterocycles. The standard InChI is InChI=1S/2Li.O.2Pb.2Te/q2*+1;-2;;;;. The van der Waals surface area contributed by atoms with Crippen molar-refractivity contribution < 1.29 is 43.2 Å². The van der Waals surface area contributed by atoms with Crippen LogP contribution in [0.2, 0.25) is 0 Å². The van der Waals surface area contributed by atoms with Crippen molar-refractivity contribution in [2.24, 2.45) is 0 Å². The molecule has 0 fully saturated rings. The molecule has 1 nitrogen and oxygen atoms in total. The monoisotopic (exact) mass is 706 g/mol. The summed E-state index contributed by atoms with van der Waals surface area (Å²) in [6.45, 7) is 0. The maximum Gasteiger partial charge on any atom is 1.00 e. The number of hydrogen-bond acceptors (Lipinski definition) is 0. The van der Waals surface area contributed by atoms with Crippen molar-refractivity contribution >= 4 is 102 Å². The van der Waals surface area contributed by atoms with E-state index in [1.807, 2.05) is 0 Å². The summed E-state index contributed by atoms with van der Waals surface area (Å²) < 4.78 is 0. The van der Waals surface area contributed by atoms with Gasteiger partial charge in [0.25, 0.3) is 0 Å². The van der Waals surface area contributed by atoms with Gasteiger partial charge in [-0.15, -0.1) is 0 Å². The van der Waals surface area contributed by atoms with E-state index in [2.05, 4.69) is 0 Å². The van der Waals surface area contributed by atoms with E-state index >= 15 is 0 Å². The van der Waals surface area contributed by atoms with Crippen molar-refractivity contribution in [1.29, 1.82) is 0 Å². The Balaban J connectivity index is 0. The topological polar surface area (TPSA) is 28.5 Å². The van der Waals surface area contributed by atoms with E-state index in [1.54, 1.807) is 0 Å². The molecule has 0 bridgehead atoms. The van der Waals surface area contributed by atoms with Crippen LogP contribution in [0, 0.1) is 0 Å². The van der Waals surface area contributed by atoms with Crippen LogP contribution in [-0.2, 0) is 5.48 Å². The molecule has 0 spiro atoms. The smallest absolute Gasteiger partial charge is 1.00 e. The van der Waals surface area contributed by atoms with Crippen LogP contribution in [0.3, 0.4) is 0 Å². The summed E-state index contributed by atoms with van der Waals surface area (Å²) >= 11 is 0. The third-order valence-corrected chi connectivity index (χ3v) is 0. The summed E-state index contributed by atoms with van der Waals surface area (Å²) in [4.78, 5) is 0. The van der Waals surface area contributed by atoms with Crippen molar-refractivity contribution in [2.45, 2.75) is 0 Å². The zero-order valence-corrected chi connectivity index (χ0v) is 16.7. The molecule has 0 saturated heterocycles. The molecule has 0 aromatic heterocycles. The maximum absolute atomic E-state index is 0. The van der Waals surface area contributed by atoms with E-state index in [9.17, 15) is 0 Å². The van der Waals surface area contributed by atoms with Gasteiger partial charge in [0.1, 0.15) is 0 Å². The van der Waals surface area contributed by atoms with Gasteiger partial charge in [-0.2, -0.15) is 0 Å². The Bertz CT molecular complexity index is 13.7. The van der Waals surface area contributed by atoms with Gasteiger partial charge in [0.05, 0.1) is 0 Å². The van der Waals surface area contributed by atoms with Gasteiger partial charge < -0.3 is 5.48 Å². The van der Waals surface area contributed by atoms with E-state index in [0.717, 1.165) is 0 Å². The van der Waals surface area contributed by atoms with E-state index in [4.69, 9.17) is 0 Å². The summed E-state index contributed by atoms with van der Waals surface area (Å²) in [5.41, 5.74) is 0. The second kappa shape index (κ2) is 46.3. The predicted molar refractivity (Wildman–Crippen MR) is 23.7 cm³/mol. The molecule has 0 aliphatic rings. The molecule has 0 saturated carbocycles. The first-order chi connectivity index (χ1) is 0. The zero-order chi connectivity index (χ0) is 0. The van der Waals surface area contributed by atoms with Gasteiger partial charge in [-0.3, -0.25) is 0 Å². The summed E-state index contributed by atoms with van der Waals surface area (Å²) in [6, 6.07) is 0. The van der Waals surface area contributed by atoms with Gasteiger partial charge in [0.2, 0.25) is 0 Å². The van der Waals surface area contributed by atoms with Crippen molar-refractivity contribution in [2.75, 3.05) is 0 Å². The van der Waals surface area contributed by atoms with Crippen LogP contribution >= 0.6 is 0 Å². The number of hydrogen-bond donors (Lipinski definition) is 0. The molecule has 0 aromatic rings. The van der Waals surface area contributed by atoms with Crippen LogP contribution in [-0.4, -0.2) is 102 Å². The Morgan fingerprint density at radius 3 is 0.571 bits per heavy atom. The first-order valence-corrected chi connectivity index (χ1v) is 0. The van der Waals surface area contributed by atoms with Crippen LogP contribution in [0.15, 0.2) is 0 Å². The summed E-state index contributed by atoms with van der Waals surface area (Å²) in [7, 11) is 0. The van der Waals surface area contributed by atoms with Crippen molar-refractivity contribution in [1.82, 2.24) is 0 Å². The first-order valence-electron chi connectivity index (χ1n) is 0. The molecule has 0 unspecified atom stereocenters.